The minimum absolute atomic E-state index is 0.261. The summed E-state index contributed by atoms with van der Waals surface area (Å²) in [6, 6.07) is 0.295. The Morgan fingerprint density at radius 3 is 3.06 bits per heavy atom. The zero-order valence-electron chi connectivity index (χ0n) is 9.69. The van der Waals surface area contributed by atoms with Gasteiger partial charge in [0.25, 0.3) is 5.89 Å². The lowest BCUT2D eigenvalue weighted by Gasteiger charge is -2.08. The van der Waals surface area contributed by atoms with Gasteiger partial charge in [-0.1, -0.05) is 12.1 Å². The number of rotatable bonds is 5. The van der Waals surface area contributed by atoms with Crippen molar-refractivity contribution in [3.05, 3.63) is 11.7 Å². The first-order chi connectivity index (χ1) is 7.78. The highest BCUT2D eigenvalue weighted by Gasteiger charge is 2.22. The summed E-state index contributed by atoms with van der Waals surface area (Å²) in [4.78, 5) is 4.25. The minimum Gasteiger partial charge on any atom is -0.368 e. The Labute approximate surface area is 95.3 Å². The number of nitrogens with zero attached hydrogens (tertiary/aromatic N) is 2. The summed E-state index contributed by atoms with van der Waals surface area (Å²) in [6.07, 6.45) is 5.18. The van der Waals surface area contributed by atoms with Gasteiger partial charge in [0.05, 0.1) is 6.10 Å². The lowest BCUT2D eigenvalue weighted by atomic mass is 10.3. The molecule has 2 rings (SSSR count). The number of nitrogens with two attached hydrogens (primary N) is 1. The Hall–Kier alpha value is -0.940. The van der Waals surface area contributed by atoms with E-state index in [1.54, 1.807) is 0 Å². The van der Waals surface area contributed by atoms with Gasteiger partial charge in [0.1, 0.15) is 6.61 Å². The van der Waals surface area contributed by atoms with Crippen LogP contribution >= 0.6 is 0 Å². The van der Waals surface area contributed by atoms with Gasteiger partial charge in [0.2, 0.25) is 0 Å². The standard InChI is InChI=1S/C11H19N3O2/c1-2-3-10-13-11(16-14-10)7-15-9-5-4-8(12)6-9/h8-9H,2-7,12H2,1H3. The lowest BCUT2D eigenvalue weighted by Crippen LogP contribution is -2.17. The van der Waals surface area contributed by atoms with Gasteiger partial charge in [-0.2, -0.15) is 4.98 Å². The predicted octanol–water partition coefficient (Wildman–Crippen LogP) is 1.42. The van der Waals surface area contributed by atoms with Crippen molar-refractivity contribution in [1.82, 2.24) is 10.1 Å². The zero-order chi connectivity index (χ0) is 11.4. The van der Waals surface area contributed by atoms with Gasteiger partial charge in [0.15, 0.2) is 5.82 Å². The van der Waals surface area contributed by atoms with Crippen LogP contribution in [0.4, 0.5) is 0 Å². The van der Waals surface area contributed by atoms with E-state index in [0.29, 0.717) is 18.5 Å². The van der Waals surface area contributed by atoms with Crippen LogP contribution < -0.4 is 5.73 Å². The van der Waals surface area contributed by atoms with E-state index < -0.39 is 0 Å². The topological polar surface area (TPSA) is 74.2 Å². The summed E-state index contributed by atoms with van der Waals surface area (Å²) in [5.41, 5.74) is 5.81. The number of hydrogen-bond acceptors (Lipinski definition) is 5. The van der Waals surface area contributed by atoms with E-state index in [9.17, 15) is 0 Å². The monoisotopic (exact) mass is 225 g/mol. The number of hydrogen-bond donors (Lipinski definition) is 1. The van der Waals surface area contributed by atoms with E-state index in [4.69, 9.17) is 15.0 Å². The lowest BCUT2D eigenvalue weighted by molar-refractivity contribution is 0.0298. The summed E-state index contributed by atoms with van der Waals surface area (Å²) >= 11 is 0. The molecule has 5 heteroatoms. The van der Waals surface area contributed by atoms with E-state index >= 15 is 0 Å². The molecule has 0 aliphatic heterocycles. The molecule has 0 amide bonds. The third-order valence-corrected chi connectivity index (χ3v) is 2.85. The maximum Gasteiger partial charge on any atom is 0.252 e. The van der Waals surface area contributed by atoms with Gasteiger partial charge >= 0.3 is 0 Å². The van der Waals surface area contributed by atoms with E-state index in [1.807, 2.05) is 0 Å². The van der Waals surface area contributed by atoms with Crippen molar-refractivity contribution in [3.8, 4) is 0 Å². The second-order valence-electron chi connectivity index (χ2n) is 4.36. The zero-order valence-corrected chi connectivity index (χ0v) is 9.69. The number of aryl methyl sites for hydroxylation is 1. The first-order valence-electron chi connectivity index (χ1n) is 5.96. The fourth-order valence-electron chi connectivity index (χ4n) is 1.99. The third-order valence-electron chi connectivity index (χ3n) is 2.85. The van der Waals surface area contributed by atoms with Gasteiger partial charge in [-0.3, -0.25) is 0 Å². The van der Waals surface area contributed by atoms with Crippen molar-refractivity contribution in [1.29, 1.82) is 0 Å². The molecule has 1 saturated carbocycles. The molecule has 90 valence electrons. The van der Waals surface area contributed by atoms with Gasteiger partial charge in [-0.25, -0.2) is 0 Å². The molecule has 1 heterocycles. The second kappa shape index (κ2) is 5.41. The van der Waals surface area contributed by atoms with Gasteiger partial charge in [-0.15, -0.1) is 0 Å². The van der Waals surface area contributed by atoms with Gasteiger partial charge in [-0.05, 0) is 25.7 Å². The van der Waals surface area contributed by atoms with Crippen molar-refractivity contribution in [2.75, 3.05) is 0 Å². The van der Waals surface area contributed by atoms with Gasteiger partial charge < -0.3 is 15.0 Å². The van der Waals surface area contributed by atoms with Gasteiger partial charge in [0, 0.05) is 12.5 Å². The third kappa shape index (κ3) is 3.02. The maximum absolute atomic E-state index is 5.81. The first kappa shape index (κ1) is 11.5. The van der Waals surface area contributed by atoms with Crippen LogP contribution in [0.2, 0.25) is 0 Å². The van der Waals surface area contributed by atoms with Crippen molar-refractivity contribution in [2.45, 2.75) is 57.8 Å². The summed E-state index contributed by atoms with van der Waals surface area (Å²) in [6.45, 7) is 2.50. The minimum atomic E-state index is 0.261. The van der Waals surface area contributed by atoms with Crippen LogP contribution in [-0.4, -0.2) is 22.3 Å². The Bertz CT molecular complexity index is 327. The molecule has 1 aliphatic rings. The second-order valence-corrected chi connectivity index (χ2v) is 4.36. The fourth-order valence-corrected chi connectivity index (χ4v) is 1.99. The van der Waals surface area contributed by atoms with Crippen molar-refractivity contribution in [3.63, 3.8) is 0 Å². The quantitative estimate of drug-likeness (QED) is 0.820. The van der Waals surface area contributed by atoms with E-state index in [0.717, 1.165) is 37.9 Å². The highest BCUT2D eigenvalue weighted by atomic mass is 16.5. The first-order valence-corrected chi connectivity index (χ1v) is 5.96. The predicted molar refractivity (Wildman–Crippen MR) is 58.7 cm³/mol. The molecule has 1 aromatic rings. The van der Waals surface area contributed by atoms with Crippen LogP contribution in [0.5, 0.6) is 0 Å². The average molecular weight is 225 g/mol. The smallest absolute Gasteiger partial charge is 0.252 e. The molecule has 0 saturated heterocycles. The highest BCUT2D eigenvalue weighted by molar-refractivity contribution is 4.85. The molecule has 0 radical (unpaired) electrons. The molecule has 1 aromatic heterocycles. The molecule has 2 N–H and O–H groups in total. The van der Waals surface area contributed by atoms with Crippen LogP contribution in [0.25, 0.3) is 0 Å². The van der Waals surface area contributed by atoms with E-state index in [1.165, 1.54) is 0 Å². The highest BCUT2D eigenvalue weighted by Crippen LogP contribution is 2.21. The van der Waals surface area contributed by atoms with Crippen LogP contribution in [0.3, 0.4) is 0 Å². The molecule has 0 bridgehead atoms. The normalized spacial score (nSPS) is 25.1. The molecule has 1 fully saturated rings. The largest absolute Gasteiger partial charge is 0.368 e. The molecule has 1 aliphatic carbocycles. The van der Waals surface area contributed by atoms with E-state index in [-0.39, 0.29) is 6.10 Å². The van der Waals surface area contributed by atoms with Crippen LogP contribution in [-0.2, 0) is 17.8 Å². The fraction of sp³-hybridized carbons (Fsp3) is 0.818. The average Bonchev–Trinajstić information content (AvgIpc) is 2.85. The Morgan fingerprint density at radius 1 is 1.50 bits per heavy atom. The molecular formula is C11H19N3O2. The summed E-state index contributed by atoms with van der Waals surface area (Å²) in [5.74, 6) is 1.34. The Balaban J connectivity index is 1.76. The molecule has 2 unspecified atom stereocenters. The number of aromatic nitrogens is 2. The molecule has 16 heavy (non-hydrogen) atoms. The molecule has 5 nitrogen and oxygen atoms in total. The Kier molecular flexibility index (Phi) is 3.90. The summed E-state index contributed by atoms with van der Waals surface area (Å²) in [7, 11) is 0. The van der Waals surface area contributed by atoms with Crippen molar-refractivity contribution >= 4 is 0 Å². The van der Waals surface area contributed by atoms with Crippen LogP contribution in [0.15, 0.2) is 4.52 Å². The van der Waals surface area contributed by atoms with Crippen LogP contribution in [0.1, 0.15) is 44.3 Å². The maximum atomic E-state index is 5.81. The molecule has 0 aromatic carbocycles. The number of ether oxygens (including phenoxy) is 1. The molecular weight excluding hydrogens is 206 g/mol. The summed E-state index contributed by atoms with van der Waals surface area (Å²) in [5, 5.41) is 3.88. The SMILES string of the molecule is CCCc1noc(COC2CCC(N)C2)n1. The summed E-state index contributed by atoms with van der Waals surface area (Å²) < 4.78 is 10.8. The Morgan fingerprint density at radius 2 is 2.38 bits per heavy atom. The van der Waals surface area contributed by atoms with Crippen molar-refractivity contribution < 1.29 is 9.26 Å². The molecule has 0 spiro atoms. The van der Waals surface area contributed by atoms with Crippen molar-refractivity contribution in [2.24, 2.45) is 5.73 Å². The molecule has 2 atom stereocenters. The van der Waals surface area contributed by atoms with E-state index in [2.05, 4.69) is 17.1 Å². The van der Waals surface area contributed by atoms with Crippen LogP contribution in [0, 0.1) is 0 Å².